The van der Waals surface area contributed by atoms with Crippen LogP contribution in [0.25, 0.3) is 0 Å². The number of nitrogens with one attached hydrogen (secondary N) is 1. The molecule has 2 heterocycles. The van der Waals surface area contributed by atoms with Gasteiger partial charge in [-0.25, -0.2) is 9.59 Å². The van der Waals surface area contributed by atoms with Gasteiger partial charge < -0.3 is 20.5 Å². The standard InChI is InChI=1S/C28H23N5O5/c1-37-27(35)23-22(17-8-4-3-5-9-17)21(15-29)25(30)33(24(23)28(36)38-2)20-12-6-10-18(14-20)26(34)32-19-11-7-13-31-16-19/h3-14,16,22H,30H2,1-2H3,(H,32,34). The van der Waals surface area contributed by atoms with Crippen molar-refractivity contribution in [3.05, 3.63) is 113 Å². The van der Waals surface area contributed by atoms with Crippen molar-refractivity contribution in [3.63, 3.8) is 0 Å². The zero-order valence-electron chi connectivity index (χ0n) is 20.5. The average Bonchev–Trinajstić information content (AvgIpc) is 2.96. The summed E-state index contributed by atoms with van der Waals surface area (Å²) >= 11 is 0. The molecule has 0 bridgehead atoms. The number of anilines is 2. The number of hydrogen-bond acceptors (Lipinski definition) is 9. The van der Waals surface area contributed by atoms with E-state index in [1.165, 1.54) is 24.3 Å². The van der Waals surface area contributed by atoms with Gasteiger partial charge in [0.05, 0.1) is 49.2 Å². The van der Waals surface area contributed by atoms with E-state index in [0.29, 0.717) is 11.3 Å². The van der Waals surface area contributed by atoms with Crippen LogP contribution in [0.2, 0.25) is 0 Å². The van der Waals surface area contributed by atoms with Gasteiger partial charge in [0.2, 0.25) is 0 Å². The zero-order valence-corrected chi connectivity index (χ0v) is 20.5. The van der Waals surface area contributed by atoms with Crippen molar-refractivity contribution in [1.82, 2.24) is 4.98 Å². The number of carbonyl (C=O) groups is 3. The third-order valence-electron chi connectivity index (χ3n) is 5.90. The minimum absolute atomic E-state index is 0.0227. The van der Waals surface area contributed by atoms with E-state index in [4.69, 9.17) is 15.2 Å². The summed E-state index contributed by atoms with van der Waals surface area (Å²) in [4.78, 5) is 44.5. The van der Waals surface area contributed by atoms with Gasteiger partial charge in [-0.1, -0.05) is 36.4 Å². The Morgan fingerprint density at radius 1 is 1.00 bits per heavy atom. The van der Waals surface area contributed by atoms with Crippen molar-refractivity contribution in [2.75, 3.05) is 24.4 Å². The van der Waals surface area contributed by atoms with Gasteiger partial charge >= 0.3 is 11.9 Å². The lowest BCUT2D eigenvalue weighted by atomic mass is 9.81. The highest BCUT2D eigenvalue weighted by Gasteiger charge is 2.43. The second-order valence-electron chi connectivity index (χ2n) is 8.08. The van der Waals surface area contributed by atoms with Gasteiger partial charge in [0, 0.05) is 17.4 Å². The second-order valence-corrected chi connectivity index (χ2v) is 8.08. The van der Waals surface area contributed by atoms with Crippen LogP contribution in [-0.4, -0.2) is 37.0 Å². The lowest BCUT2D eigenvalue weighted by Gasteiger charge is -2.36. The molecule has 1 atom stereocenters. The molecule has 1 aromatic heterocycles. The Bertz CT molecular complexity index is 1490. The van der Waals surface area contributed by atoms with Crippen LogP contribution in [0, 0.1) is 11.3 Å². The van der Waals surface area contributed by atoms with Crippen LogP contribution in [0.3, 0.4) is 0 Å². The molecular formula is C28H23N5O5. The number of methoxy groups -OCH3 is 2. The predicted molar refractivity (Wildman–Crippen MR) is 138 cm³/mol. The molecule has 0 radical (unpaired) electrons. The van der Waals surface area contributed by atoms with E-state index in [1.807, 2.05) is 0 Å². The molecule has 0 aliphatic carbocycles. The smallest absolute Gasteiger partial charge is 0.355 e. The van der Waals surface area contributed by atoms with E-state index in [9.17, 15) is 19.6 Å². The maximum Gasteiger partial charge on any atom is 0.355 e. The van der Waals surface area contributed by atoms with E-state index in [2.05, 4.69) is 16.4 Å². The Kier molecular flexibility index (Phi) is 7.49. The fraction of sp³-hybridized carbons (Fsp3) is 0.107. The highest BCUT2D eigenvalue weighted by atomic mass is 16.5. The number of hydrogen-bond donors (Lipinski definition) is 2. The van der Waals surface area contributed by atoms with Crippen LogP contribution in [0.4, 0.5) is 11.4 Å². The van der Waals surface area contributed by atoms with Crippen molar-refractivity contribution < 1.29 is 23.9 Å². The Balaban J connectivity index is 1.91. The molecule has 2 aromatic carbocycles. The molecule has 38 heavy (non-hydrogen) atoms. The number of nitrogens with zero attached hydrogens (tertiary/aromatic N) is 3. The van der Waals surface area contributed by atoms with E-state index in [1.54, 1.807) is 66.9 Å². The monoisotopic (exact) mass is 509 g/mol. The van der Waals surface area contributed by atoms with Crippen molar-refractivity contribution in [1.29, 1.82) is 5.26 Å². The molecule has 1 aliphatic rings. The molecule has 1 aliphatic heterocycles. The van der Waals surface area contributed by atoms with Crippen molar-refractivity contribution >= 4 is 29.2 Å². The van der Waals surface area contributed by atoms with Gasteiger partial charge in [0.15, 0.2) is 0 Å². The number of rotatable bonds is 6. The number of benzene rings is 2. The van der Waals surface area contributed by atoms with Crippen molar-refractivity contribution in [3.8, 4) is 6.07 Å². The molecule has 1 unspecified atom stereocenters. The summed E-state index contributed by atoms with van der Waals surface area (Å²) in [5.41, 5.74) is 7.70. The number of nitriles is 1. The highest BCUT2D eigenvalue weighted by molar-refractivity contribution is 6.08. The third-order valence-corrected chi connectivity index (χ3v) is 5.90. The van der Waals surface area contributed by atoms with Crippen LogP contribution in [0.5, 0.6) is 0 Å². The first-order valence-electron chi connectivity index (χ1n) is 11.4. The van der Waals surface area contributed by atoms with Gasteiger partial charge in [0.1, 0.15) is 11.5 Å². The topological polar surface area (TPSA) is 148 Å². The van der Waals surface area contributed by atoms with Gasteiger partial charge in [-0.2, -0.15) is 5.26 Å². The Morgan fingerprint density at radius 3 is 2.37 bits per heavy atom. The first-order chi connectivity index (χ1) is 18.4. The number of aromatic nitrogens is 1. The van der Waals surface area contributed by atoms with Crippen LogP contribution < -0.4 is 16.0 Å². The van der Waals surface area contributed by atoms with E-state index >= 15 is 0 Å². The van der Waals surface area contributed by atoms with Gasteiger partial charge in [-0.15, -0.1) is 0 Å². The van der Waals surface area contributed by atoms with Crippen molar-refractivity contribution in [2.24, 2.45) is 5.73 Å². The summed E-state index contributed by atoms with van der Waals surface area (Å²) in [5.74, 6) is -3.25. The molecule has 0 saturated carbocycles. The fourth-order valence-corrected chi connectivity index (χ4v) is 4.21. The van der Waals surface area contributed by atoms with Gasteiger partial charge in [-0.3, -0.25) is 14.7 Å². The van der Waals surface area contributed by atoms with Crippen LogP contribution in [0.15, 0.2) is 102 Å². The minimum atomic E-state index is -0.990. The highest BCUT2D eigenvalue weighted by Crippen LogP contribution is 2.43. The molecule has 0 spiro atoms. The summed E-state index contributed by atoms with van der Waals surface area (Å²) in [5, 5.41) is 12.9. The third kappa shape index (κ3) is 4.81. The number of allylic oxidation sites excluding steroid dienone is 1. The number of carbonyl (C=O) groups excluding carboxylic acids is 3. The molecular weight excluding hydrogens is 486 g/mol. The maximum atomic E-state index is 13.2. The van der Waals surface area contributed by atoms with Crippen LogP contribution >= 0.6 is 0 Å². The lowest BCUT2D eigenvalue weighted by Crippen LogP contribution is -2.40. The Morgan fingerprint density at radius 2 is 1.74 bits per heavy atom. The molecule has 4 rings (SSSR count). The van der Waals surface area contributed by atoms with E-state index in [-0.39, 0.29) is 33.9 Å². The number of amides is 1. The maximum absolute atomic E-state index is 13.2. The number of ether oxygens (including phenoxy) is 2. The summed E-state index contributed by atoms with van der Waals surface area (Å²) < 4.78 is 10.1. The van der Waals surface area contributed by atoms with Crippen LogP contribution in [-0.2, 0) is 19.1 Å². The summed E-state index contributed by atoms with van der Waals surface area (Å²) in [7, 11) is 2.34. The molecule has 3 N–H and O–H groups in total. The average molecular weight is 510 g/mol. The molecule has 10 heteroatoms. The first-order valence-corrected chi connectivity index (χ1v) is 11.4. The summed E-state index contributed by atoms with van der Waals surface area (Å²) in [6.45, 7) is 0. The fourth-order valence-electron chi connectivity index (χ4n) is 4.21. The number of esters is 2. The predicted octanol–water partition coefficient (Wildman–Crippen LogP) is 3.23. The molecule has 0 saturated heterocycles. The van der Waals surface area contributed by atoms with E-state index in [0.717, 1.165) is 7.11 Å². The van der Waals surface area contributed by atoms with Gasteiger partial charge in [-0.05, 0) is 35.9 Å². The SMILES string of the molecule is COC(=O)C1=C(C(=O)OC)N(c2cccc(C(=O)Nc3cccnc3)c2)C(N)=C(C#N)C1c1ccccc1. The quantitative estimate of drug-likeness (QED) is 0.478. The Labute approximate surface area is 218 Å². The largest absolute Gasteiger partial charge is 0.466 e. The second kappa shape index (κ2) is 11.1. The molecule has 0 fully saturated rings. The van der Waals surface area contributed by atoms with Crippen LogP contribution in [0.1, 0.15) is 21.8 Å². The molecule has 1 amide bonds. The first kappa shape index (κ1) is 25.7. The van der Waals surface area contributed by atoms with Crippen molar-refractivity contribution in [2.45, 2.75) is 5.92 Å². The Hall–Kier alpha value is -5.43. The summed E-state index contributed by atoms with van der Waals surface area (Å²) in [6.07, 6.45) is 3.08. The number of pyridine rings is 1. The van der Waals surface area contributed by atoms with Gasteiger partial charge in [0.25, 0.3) is 5.91 Å². The lowest BCUT2D eigenvalue weighted by molar-refractivity contribution is -0.139. The normalized spacial score (nSPS) is 15.0. The minimum Gasteiger partial charge on any atom is -0.466 e. The van der Waals surface area contributed by atoms with E-state index < -0.39 is 23.8 Å². The number of nitrogens with two attached hydrogens (primary N) is 1. The molecule has 10 nitrogen and oxygen atoms in total. The zero-order chi connectivity index (χ0) is 27.2. The molecule has 3 aromatic rings. The summed E-state index contributed by atoms with van der Waals surface area (Å²) in [6, 6.07) is 20.4. The molecule has 190 valence electrons.